The molecule has 0 saturated carbocycles. The van der Waals surface area contributed by atoms with Gasteiger partial charge in [0.05, 0.1) is 39.3 Å². The maximum absolute atomic E-state index is 12.7. The normalized spacial score (nSPS) is 23.2. The Labute approximate surface area is 175 Å². The van der Waals surface area contributed by atoms with E-state index in [2.05, 4.69) is 35.6 Å². The molecule has 2 heterocycles. The fourth-order valence-corrected chi connectivity index (χ4v) is 4.59. The first-order chi connectivity index (χ1) is 14.0. The Morgan fingerprint density at radius 1 is 1.00 bits per heavy atom. The Morgan fingerprint density at radius 3 is 2.24 bits per heavy atom. The van der Waals surface area contributed by atoms with Gasteiger partial charge in [-0.05, 0) is 44.6 Å². The van der Waals surface area contributed by atoms with Crippen LogP contribution >= 0.6 is 0 Å². The minimum Gasteiger partial charge on any atom is -0.349 e. The lowest BCUT2D eigenvalue weighted by Gasteiger charge is -2.34. The number of amides is 2. The van der Waals surface area contributed by atoms with Crippen LogP contribution in [0, 0.1) is 5.92 Å². The largest absolute Gasteiger partial charge is 0.349 e. The Kier molecular flexibility index (Phi) is 8.07. The van der Waals surface area contributed by atoms with Crippen molar-refractivity contribution in [3.05, 3.63) is 35.9 Å². The number of quaternary nitrogens is 2. The summed E-state index contributed by atoms with van der Waals surface area (Å²) in [5, 5.41) is 2.95. The predicted molar refractivity (Wildman–Crippen MR) is 114 cm³/mol. The molecule has 2 aliphatic rings. The topological polar surface area (TPSA) is 58.3 Å². The van der Waals surface area contributed by atoms with Gasteiger partial charge in [0.2, 0.25) is 0 Å². The van der Waals surface area contributed by atoms with Gasteiger partial charge in [0.25, 0.3) is 11.8 Å². The third-order valence-electron chi connectivity index (χ3n) is 6.26. The number of benzene rings is 1. The number of hydrogen-bond donors (Lipinski definition) is 3. The maximum atomic E-state index is 12.7. The van der Waals surface area contributed by atoms with Gasteiger partial charge in [-0.2, -0.15) is 0 Å². The van der Waals surface area contributed by atoms with Crippen molar-refractivity contribution in [1.29, 1.82) is 0 Å². The van der Waals surface area contributed by atoms with Crippen molar-refractivity contribution in [2.75, 3.05) is 52.4 Å². The molecule has 0 aromatic heterocycles. The number of piperazine rings is 1. The van der Waals surface area contributed by atoms with Crippen LogP contribution in [0.5, 0.6) is 0 Å². The average molecular weight is 403 g/mol. The highest BCUT2D eigenvalue weighted by Crippen LogP contribution is 2.16. The Balaban J connectivity index is 1.34. The molecule has 2 fully saturated rings. The van der Waals surface area contributed by atoms with E-state index in [4.69, 9.17) is 0 Å². The summed E-state index contributed by atoms with van der Waals surface area (Å²) in [6.07, 6.45) is 3.58. The summed E-state index contributed by atoms with van der Waals surface area (Å²) in [5.41, 5.74) is 1.43. The van der Waals surface area contributed by atoms with Crippen molar-refractivity contribution in [2.24, 2.45) is 5.92 Å². The number of carbonyl (C=O) groups excluding carboxylic acids is 2. The van der Waals surface area contributed by atoms with Crippen LogP contribution in [-0.2, 0) is 16.0 Å². The minimum atomic E-state index is 0.109. The molecule has 0 unspecified atom stereocenters. The smallest absolute Gasteiger partial charge is 0.278 e. The van der Waals surface area contributed by atoms with Crippen LogP contribution in [0.1, 0.15) is 32.3 Å². The Morgan fingerprint density at radius 2 is 1.62 bits per heavy atom. The third-order valence-corrected chi connectivity index (χ3v) is 6.26. The average Bonchev–Trinajstić information content (AvgIpc) is 2.70. The molecular weight excluding hydrogens is 364 g/mol. The van der Waals surface area contributed by atoms with E-state index < -0.39 is 0 Å². The zero-order valence-corrected chi connectivity index (χ0v) is 18.1. The fourth-order valence-electron chi connectivity index (χ4n) is 4.59. The van der Waals surface area contributed by atoms with Gasteiger partial charge in [0, 0.05) is 6.04 Å². The van der Waals surface area contributed by atoms with Gasteiger partial charge in [-0.1, -0.05) is 30.3 Å². The molecule has 0 radical (unpaired) electrons. The first kappa shape index (κ1) is 21.8. The number of nitrogens with one attached hydrogen (secondary N) is 3. The third kappa shape index (κ3) is 7.12. The number of nitrogens with zero attached hydrogens (tertiary/aromatic N) is 1. The van der Waals surface area contributed by atoms with Gasteiger partial charge in [-0.25, -0.2) is 0 Å². The zero-order valence-electron chi connectivity index (χ0n) is 18.1. The quantitative estimate of drug-likeness (QED) is 0.535. The summed E-state index contributed by atoms with van der Waals surface area (Å²) in [4.78, 5) is 29.4. The molecule has 6 heteroatoms. The minimum absolute atomic E-state index is 0.109. The SMILES string of the molecule is CC(C)NC(=O)C[NH+]1CCN(C(=O)C[NH+]2CCC(Cc3ccccc3)CC2)CC1. The zero-order chi connectivity index (χ0) is 20.6. The lowest BCUT2D eigenvalue weighted by molar-refractivity contribution is -0.900. The molecule has 2 aliphatic heterocycles. The van der Waals surface area contributed by atoms with Crippen LogP contribution in [0.15, 0.2) is 30.3 Å². The van der Waals surface area contributed by atoms with Gasteiger partial charge >= 0.3 is 0 Å². The molecule has 0 spiro atoms. The van der Waals surface area contributed by atoms with Crippen molar-refractivity contribution in [1.82, 2.24) is 10.2 Å². The molecule has 160 valence electrons. The van der Waals surface area contributed by atoms with Gasteiger partial charge in [0.1, 0.15) is 0 Å². The fraction of sp³-hybridized carbons (Fsp3) is 0.652. The molecule has 0 aliphatic carbocycles. The predicted octanol–water partition coefficient (Wildman–Crippen LogP) is -1.22. The van der Waals surface area contributed by atoms with Crippen LogP contribution in [-0.4, -0.2) is 75.1 Å². The molecule has 1 aromatic rings. The van der Waals surface area contributed by atoms with E-state index in [0.29, 0.717) is 13.1 Å². The van der Waals surface area contributed by atoms with Crippen LogP contribution in [0.2, 0.25) is 0 Å². The van der Waals surface area contributed by atoms with Crippen molar-refractivity contribution in [3.63, 3.8) is 0 Å². The van der Waals surface area contributed by atoms with Crippen molar-refractivity contribution in [3.8, 4) is 0 Å². The summed E-state index contributed by atoms with van der Waals surface area (Å²) in [6.45, 7) is 10.6. The van der Waals surface area contributed by atoms with Crippen LogP contribution in [0.25, 0.3) is 0 Å². The highest BCUT2D eigenvalue weighted by atomic mass is 16.2. The monoisotopic (exact) mass is 402 g/mol. The Bertz CT molecular complexity index is 648. The van der Waals surface area contributed by atoms with E-state index in [1.165, 1.54) is 28.2 Å². The molecule has 2 saturated heterocycles. The summed E-state index contributed by atoms with van der Waals surface area (Å²) < 4.78 is 0. The van der Waals surface area contributed by atoms with E-state index >= 15 is 0 Å². The molecule has 1 aromatic carbocycles. The number of likely N-dealkylation sites (tertiary alicyclic amines) is 1. The molecule has 0 atom stereocenters. The summed E-state index contributed by atoms with van der Waals surface area (Å²) >= 11 is 0. The molecule has 0 bridgehead atoms. The summed E-state index contributed by atoms with van der Waals surface area (Å²) in [7, 11) is 0. The number of rotatable bonds is 7. The van der Waals surface area contributed by atoms with Crippen molar-refractivity contribution in [2.45, 2.75) is 39.2 Å². The van der Waals surface area contributed by atoms with E-state index in [9.17, 15) is 9.59 Å². The number of piperidine rings is 1. The number of hydrogen-bond acceptors (Lipinski definition) is 2. The maximum Gasteiger partial charge on any atom is 0.278 e. The van der Waals surface area contributed by atoms with Crippen LogP contribution in [0.4, 0.5) is 0 Å². The molecule has 2 amide bonds. The highest BCUT2D eigenvalue weighted by Gasteiger charge is 2.29. The van der Waals surface area contributed by atoms with Crippen molar-refractivity contribution >= 4 is 11.8 Å². The first-order valence-corrected chi connectivity index (χ1v) is 11.3. The first-order valence-electron chi connectivity index (χ1n) is 11.3. The van der Waals surface area contributed by atoms with Gasteiger partial charge in [0.15, 0.2) is 13.1 Å². The molecule has 29 heavy (non-hydrogen) atoms. The second kappa shape index (κ2) is 10.7. The van der Waals surface area contributed by atoms with E-state index in [0.717, 1.165) is 51.6 Å². The summed E-state index contributed by atoms with van der Waals surface area (Å²) in [5.74, 6) is 1.14. The van der Waals surface area contributed by atoms with E-state index in [1.807, 2.05) is 18.7 Å². The lowest BCUT2D eigenvalue weighted by atomic mass is 9.90. The second-order valence-corrected chi connectivity index (χ2v) is 9.09. The number of carbonyl (C=O) groups is 2. The van der Waals surface area contributed by atoms with Crippen LogP contribution < -0.4 is 15.1 Å². The molecule has 6 nitrogen and oxygen atoms in total. The van der Waals surface area contributed by atoms with Crippen molar-refractivity contribution < 1.29 is 19.4 Å². The van der Waals surface area contributed by atoms with E-state index in [-0.39, 0.29) is 17.9 Å². The highest BCUT2D eigenvalue weighted by molar-refractivity contribution is 5.77. The van der Waals surface area contributed by atoms with Crippen LogP contribution in [0.3, 0.4) is 0 Å². The Hall–Kier alpha value is -1.92. The van der Waals surface area contributed by atoms with E-state index in [1.54, 1.807) is 0 Å². The molecular formula is C23H38N4O2+2. The second-order valence-electron chi connectivity index (χ2n) is 9.09. The van der Waals surface area contributed by atoms with Gasteiger partial charge in [-0.3, -0.25) is 9.59 Å². The molecule has 3 N–H and O–H groups in total. The molecule has 3 rings (SSSR count). The standard InChI is InChI=1S/C23H36N4O2/c1-19(2)24-22(28)17-26-12-14-27(15-13-26)23(29)18-25-10-8-21(9-11-25)16-20-6-4-3-5-7-20/h3-7,19,21H,8-18H2,1-2H3,(H,24,28)/p+2. The lowest BCUT2D eigenvalue weighted by Crippen LogP contribution is -3.16. The van der Waals surface area contributed by atoms with Gasteiger partial charge in [-0.15, -0.1) is 0 Å². The van der Waals surface area contributed by atoms with Gasteiger partial charge < -0.3 is 20.0 Å². The summed E-state index contributed by atoms with van der Waals surface area (Å²) in [6, 6.07) is 10.9.